The fourth-order valence-electron chi connectivity index (χ4n) is 3.28. The zero-order chi connectivity index (χ0) is 26.2. The van der Waals surface area contributed by atoms with Crippen molar-refractivity contribution in [1.82, 2.24) is 0 Å². The number of ether oxygens (including phenoxy) is 3. The molecule has 0 spiro atoms. The van der Waals surface area contributed by atoms with Crippen molar-refractivity contribution in [1.29, 1.82) is 0 Å². The number of alkyl halides is 1. The Kier molecular flexibility index (Phi) is 13.1. The number of nitrogens with zero attached hydrogens (tertiary/aromatic N) is 1. The van der Waals surface area contributed by atoms with Crippen LogP contribution in [0.4, 0.5) is 4.39 Å². The number of Topliss-reactive ketones (excluding diaryl/α,β-unsaturated/α-hetero) is 2. The fraction of sp³-hybridized carbons (Fsp3) is 0.429. The van der Waals surface area contributed by atoms with Crippen LogP contribution in [0.5, 0.6) is 11.5 Å². The molecular weight excluding hydrogens is 465 g/mol. The molecule has 7 nitrogen and oxygen atoms in total. The summed E-state index contributed by atoms with van der Waals surface area (Å²) < 4.78 is 28.1. The molecule has 0 heterocycles. The minimum absolute atomic E-state index is 0.0750. The van der Waals surface area contributed by atoms with Gasteiger partial charge in [-0.3, -0.25) is 18.8 Å². The van der Waals surface area contributed by atoms with Gasteiger partial charge < -0.3 is 14.2 Å². The van der Waals surface area contributed by atoms with E-state index in [-0.39, 0.29) is 36.8 Å². The predicted molar refractivity (Wildman–Crippen MR) is 136 cm³/mol. The van der Waals surface area contributed by atoms with E-state index >= 15 is 0 Å². The SMILES string of the molecule is CC/C(=N\C(=O)CCCC(=O)c1ccc(OCCOC)cc1)C(=O)c1ccc(OCCCCF)cc1. The van der Waals surface area contributed by atoms with Crippen LogP contribution >= 0.6 is 0 Å². The number of unbranched alkanes of at least 4 members (excludes halogenated alkanes) is 1. The normalized spacial score (nSPS) is 11.2. The highest BCUT2D eigenvalue weighted by Gasteiger charge is 2.15. The summed E-state index contributed by atoms with van der Waals surface area (Å²) >= 11 is 0. The molecule has 2 aromatic rings. The van der Waals surface area contributed by atoms with Gasteiger partial charge in [-0.1, -0.05) is 6.92 Å². The van der Waals surface area contributed by atoms with E-state index in [0.717, 1.165) is 0 Å². The molecule has 0 saturated heterocycles. The zero-order valence-electron chi connectivity index (χ0n) is 21.0. The lowest BCUT2D eigenvalue weighted by atomic mass is 10.0. The lowest BCUT2D eigenvalue weighted by Gasteiger charge is -2.07. The molecule has 0 aliphatic rings. The van der Waals surface area contributed by atoms with E-state index in [1.807, 2.05) is 0 Å². The van der Waals surface area contributed by atoms with Crippen LogP contribution in [0.1, 0.15) is 66.2 Å². The number of carbonyl (C=O) groups is 3. The molecule has 0 saturated carbocycles. The second-order valence-corrected chi connectivity index (χ2v) is 8.05. The minimum Gasteiger partial charge on any atom is -0.494 e. The van der Waals surface area contributed by atoms with Crippen molar-refractivity contribution in [3.63, 3.8) is 0 Å². The molecular formula is C28H34FNO6. The van der Waals surface area contributed by atoms with E-state index in [9.17, 15) is 18.8 Å². The molecule has 0 N–H and O–H groups in total. The summed E-state index contributed by atoms with van der Waals surface area (Å²) in [5.74, 6) is 0.422. The predicted octanol–water partition coefficient (Wildman–Crippen LogP) is 5.45. The van der Waals surface area contributed by atoms with Gasteiger partial charge in [0, 0.05) is 31.1 Å². The van der Waals surface area contributed by atoms with Gasteiger partial charge in [0.15, 0.2) is 5.78 Å². The number of benzene rings is 2. The minimum atomic E-state index is -0.428. The lowest BCUT2D eigenvalue weighted by molar-refractivity contribution is -0.117. The summed E-state index contributed by atoms with van der Waals surface area (Å²) in [7, 11) is 1.60. The number of halogens is 1. The van der Waals surface area contributed by atoms with Gasteiger partial charge in [-0.25, -0.2) is 4.99 Å². The number of hydrogen-bond acceptors (Lipinski definition) is 6. The molecule has 0 unspecified atom stereocenters. The molecule has 36 heavy (non-hydrogen) atoms. The molecule has 0 fully saturated rings. The molecule has 0 aromatic heterocycles. The van der Waals surface area contributed by atoms with Gasteiger partial charge >= 0.3 is 0 Å². The van der Waals surface area contributed by atoms with E-state index in [2.05, 4.69) is 4.99 Å². The highest BCUT2D eigenvalue weighted by molar-refractivity contribution is 6.47. The second kappa shape index (κ2) is 16.3. The maximum Gasteiger partial charge on any atom is 0.246 e. The average molecular weight is 500 g/mol. The van der Waals surface area contributed by atoms with Crippen LogP contribution in [0.15, 0.2) is 53.5 Å². The number of carbonyl (C=O) groups excluding carboxylic acids is 3. The first-order valence-electron chi connectivity index (χ1n) is 12.2. The number of amides is 1. The molecule has 2 rings (SSSR count). The summed E-state index contributed by atoms with van der Waals surface area (Å²) in [4.78, 5) is 41.5. The molecule has 2 aromatic carbocycles. The number of ketones is 2. The van der Waals surface area contributed by atoms with Crippen molar-refractivity contribution in [2.24, 2.45) is 4.99 Å². The highest BCUT2D eigenvalue weighted by atomic mass is 19.1. The van der Waals surface area contributed by atoms with E-state index < -0.39 is 5.91 Å². The lowest BCUT2D eigenvalue weighted by Crippen LogP contribution is -2.15. The van der Waals surface area contributed by atoms with Crippen LogP contribution in [0, 0.1) is 0 Å². The first-order chi connectivity index (χ1) is 17.5. The third-order valence-electron chi connectivity index (χ3n) is 5.30. The van der Waals surface area contributed by atoms with E-state index in [1.165, 1.54) is 0 Å². The van der Waals surface area contributed by atoms with Crippen molar-refractivity contribution in [3.8, 4) is 11.5 Å². The van der Waals surface area contributed by atoms with Gasteiger partial charge in [-0.2, -0.15) is 0 Å². The summed E-state index contributed by atoms with van der Waals surface area (Å²) in [5, 5.41) is 0. The van der Waals surface area contributed by atoms with Crippen molar-refractivity contribution in [2.45, 2.75) is 45.4 Å². The van der Waals surface area contributed by atoms with Crippen molar-refractivity contribution < 1.29 is 33.0 Å². The maximum absolute atomic E-state index is 12.8. The van der Waals surface area contributed by atoms with Gasteiger partial charge in [0.05, 0.1) is 25.6 Å². The monoisotopic (exact) mass is 499 g/mol. The summed E-state index contributed by atoms with van der Waals surface area (Å²) in [6.45, 7) is 2.71. The maximum atomic E-state index is 12.8. The highest BCUT2D eigenvalue weighted by Crippen LogP contribution is 2.16. The molecule has 0 radical (unpaired) electrons. The third kappa shape index (κ3) is 10.1. The Balaban J connectivity index is 1.83. The quantitative estimate of drug-likeness (QED) is 0.163. The van der Waals surface area contributed by atoms with E-state index in [4.69, 9.17) is 14.2 Å². The average Bonchev–Trinajstić information content (AvgIpc) is 2.90. The van der Waals surface area contributed by atoms with Gasteiger partial charge in [-0.15, -0.1) is 0 Å². The standard InChI is InChI=1S/C28H34FNO6/c1-3-25(28(33)22-11-15-23(16-12-22)35-18-5-4-17-29)30-27(32)8-6-7-26(31)21-9-13-24(14-10-21)36-20-19-34-2/h9-16H,3-8,17-20H2,1-2H3/b30-25+. The zero-order valence-corrected chi connectivity index (χ0v) is 21.0. The second-order valence-electron chi connectivity index (χ2n) is 8.05. The van der Waals surface area contributed by atoms with Crippen molar-refractivity contribution in [3.05, 3.63) is 59.7 Å². The van der Waals surface area contributed by atoms with Crippen LogP contribution in [0.2, 0.25) is 0 Å². The van der Waals surface area contributed by atoms with Crippen LogP contribution in [0.25, 0.3) is 0 Å². The van der Waals surface area contributed by atoms with E-state index in [0.29, 0.717) is 68.1 Å². The van der Waals surface area contributed by atoms with Crippen LogP contribution < -0.4 is 9.47 Å². The van der Waals surface area contributed by atoms with E-state index in [1.54, 1.807) is 62.6 Å². The Labute approximate surface area is 211 Å². The first kappa shape index (κ1) is 28.8. The molecule has 0 bridgehead atoms. The number of aliphatic imine (C=N–C) groups is 1. The number of rotatable bonds is 17. The molecule has 0 aliphatic carbocycles. The van der Waals surface area contributed by atoms with Gasteiger partial charge in [0.1, 0.15) is 18.1 Å². The Morgan fingerprint density at radius 2 is 1.39 bits per heavy atom. The Morgan fingerprint density at radius 3 is 1.97 bits per heavy atom. The largest absolute Gasteiger partial charge is 0.494 e. The molecule has 0 atom stereocenters. The third-order valence-corrected chi connectivity index (χ3v) is 5.30. The van der Waals surface area contributed by atoms with Crippen molar-refractivity contribution >= 4 is 23.2 Å². The molecule has 8 heteroatoms. The smallest absolute Gasteiger partial charge is 0.246 e. The van der Waals surface area contributed by atoms with Crippen LogP contribution in [-0.4, -0.2) is 56.8 Å². The van der Waals surface area contributed by atoms with Crippen molar-refractivity contribution in [2.75, 3.05) is 33.6 Å². The number of methoxy groups -OCH3 is 1. The molecule has 0 aliphatic heterocycles. The summed E-state index contributed by atoms with van der Waals surface area (Å²) in [5.41, 5.74) is 1.13. The summed E-state index contributed by atoms with van der Waals surface area (Å²) in [6, 6.07) is 13.4. The van der Waals surface area contributed by atoms with Crippen LogP contribution in [-0.2, 0) is 9.53 Å². The Bertz CT molecular complexity index is 1000. The Hall–Kier alpha value is -3.39. The van der Waals surface area contributed by atoms with Crippen LogP contribution in [0.3, 0.4) is 0 Å². The number of hydrogen-bond donors (Lipinski definition) is 0. The molecule has 194 valence electrons. The van der Waals surface area contributed by atoms with Gasteiger partial charge in [0.25, 0.3) is 0 Å². The Morgan fingerprint density at radius 1 is 0.778 bits per heavy atom. The molecule has 1 amide bonds. The van der Waals surface area contributed by atoms with Gasteiger partial charge in [0.2, 0.25) is 11.7 Å². The first-order valence-corrected chi connectivity index (χ1v) is 12.2. The topological polar surface area (TPSA) is 91.3 Å². The fourth-order valence-corrected chi connectivity index (χ4v) is 3.28. The van der Waals surface area contributed by atoms with Gasteiger partial charge in [-0.05, 0) is 74.2 Å². The summed E-state index contributed by atoms with van der Waals surface area (Å²) in [6.07, 6.45) is 2.00.